The molecule has 0 N–H and O–H groups in total. The van der Waals surface area contributed by atoms with Crippen LogP contribution in [-0.4, -0.2) is 4.98 Å². The Morgan fingerprint density at radius 3 is 2.22 bits per heavy atom. The first kappa shape index (κ1) is 24.6. The maximum Gasteiger partial charge on any atom is 0.418 e. The molecule has 0 unspecified atom stereocenters. The number of rotatable bonds is 6. The molecule has 1 heterocycles. The van der Waals surface area contributed by atoms with E-state index in [1.54, 1.807) is 12.3 Å². The minimum Gasteiger partial charge on any atom is -0.489 e. The second-order valence-corrected chi connectivity index (χ2v) is 9.21. The van der Waals surface area contributed by atoms with Gasteiger partial charge < -0.3 is 4.74 Å². The highest BCUT2D eigenvalue weighted by Crippen LogP contribution is 2.39. The zero-order chi connectivity index (χ0) is 26.0. The summed E-state index contributed by atoms with van der Waals surface area (Å²) in [6.45, 7) is 4.52. The molecule has 0 amide bonds. The summed E-state index contributed by atoms with van der Waals surface area (Å²) < 4.78 is 47.7. The van der Waals surface area contributed by atoms with E-state index in [0.29, 0.717) is 24.2 Å². The maximum absolute atomic E-state index is 13.8. The summed E-state index contributed by atoms with van der Waals surface area (Å²) in [7, 11) is 0. The van der Waals surface area contributed by atoms with Crippen LogP contribution in [0.5, 0.6) is 5.75 Å². The van der Waals surface area contributed by atoms with Gasteiger partial charge in [0.05, 0.1) is 11.1 Å². The fraction of sp³-hybridized carbons (Fsp3) is 0.156. The van der Waals surface area contributed by atoms with Gasteiger partial charge in [0.25, 0.3) is 0 Å². The third kappa shape index (κ3) is 5.21. The number of ether oxygens (including phenoxy) is 1. The number of halogens is 3. The highest BCUT2D eigenvalue weighted by molar-refractivity contribution is 5.98. The average Bonchev–Trinajstić information content (AvgIpc) is 2.88. The van der Waals surface area contributed by atoms with Crippen LogP contribution >= 0.6 is 0 Å². The van der Waals surface area contributed by atoms with Crippen molar-refractivity contribution in [3.05, 3.63) is 131 Å². The van der Waals surface area contributed by atoms with E-state index < -0.39 is 11.7 Å². The van der Waals surface area contributed by atoms with E-state index >= 15 is 0 Å². The van der Waals surface area contributed by atoms with Crippen LogP contribution in [0.1, 0.15) is 33.4 Å². The van der Waals surface area contributed by atoms with Gasteiger partial charge in [-0.3, -0.25) is 4.98 Å². The van der Waals surface area contributed by atoms with Gasteiger partial charge in [0.15, 0.2) is 0 Å². The van der Waals surface area contributed by atoms with Crippen molar-refractivity contribution in [1.29, 1.82) is 0 Å². The first-order valence-corrected chi connectivity index (χ1v) is 12.1. The van der Waals surface area contributed by atoms with Crippen molar-refractivity contribution >= 4 is 10.9 Å². The molecule has 1 aromatic heterocycles. The normalized spacial score (nSPS) is 11.6. The number of hydrogen-bond donors (Lipinski definition) is 0. The van der Waals surface area contributed by atoms with Crippen LogP contribution in [0.2, 0.25) is 0 Å². The highest BCUT2D eigenvalue weighted by Gasteiger charge is 2.33. The Kier molecular flexibility index (Phi) is 6.70. The van der Waals surface area contributed by atoms with E-state index in [9.17, 15) is 13.2 Å². The van der Waals surface area contributed by atoms with Crippen molar-refractivity contribution in [1.82, 2.24) is 4.98 Å². The molecule has 186 valence electrons. The predicted molar refractivity (Wildman–Crippen MR) is 142 cm³/mol. The lowest BCUT2D eigenvalue weighted by molar-refractivity contribution is -0.136. The minimum absolute atomic E-state index is 0.0522. The molecule has 5 aromatic rings. The van der Waals surface area contributed by atoms with Crippen molar-refractivity contribution in [2.24, 2.45) is 0 Å². The van der Waals surface area contributed by atoms with Gasteiger partial charge in [-0.25, -0.2) is 0 Å². The summed E-state index contributed by atoms with van der Waals surface area (Å²) in [5.74, 6) is 0.655. The summed E-state index contributed by atoms with van der Waals surface area (Å²) in [6, 6.07) is 27.8. The monoisotopic (exact) mass is 497 g/mol. The summed E-state index contributed by atoms with van der Waals surface area (Å²) in [4.78, 5) is 4.30. The fourth-order valence-electron chi connectivity index (χ4n) is 4.76. The van der Waals surface area contributed by atoms with Crippen molar-refractivity contribution in [2.45, 2.75) is 33.1 Å². The van der Waals surface area contributed by atoms with Crippen LogP contribution in [0.4, 0.5) is 13.2 Å². The molecule has 37 heavy (non-hydrogen) atoms. The molecular formula is C32H26F3NO. The SMILES string of the molecule is Cc1cccc(C)c1COc1cccc(-c2c(Cc3ccccc3)cnc3c(C(F)(F)F)cccc23)c1. The van der Waals surface area contributed by atoms with E-state index in [2.05, 4.69) is 31.0 Å². The lowest BCUT2D eigenvalue weighted by Gasteiger charge is -2.17. The molecular weight excluding hydrogens is 471 g/mol. The standard InChI is InChI=1S/C32H26F3NO/c1-21-9-6-10-22(2)28(21)20-37-26-14-7-13-24(18-26)30-25(17-23-11-4-3-5-12-23)19-36-31-27(30)15-8-16-29(31)32(33,34)35/h3-16,18-19H,17,20H2,1-2H3. The Balaban J connectivity index is 1.61. The topological polar surface area (TPSA) is 22.1 Å². The Morgan fingerprint density at radius 1 is 0.784 bits per heavy atom. The lowest BCUT2D eigenvalue weighted by Crippen LogP contribution is -2.07. The molecule has 0 aliphatic rings. The Morgan fingerprint density at radius 2 is 1.49 bits per heavy atom. The van der Waals surface area contributed by atoms with Gasteiger partial charge in [0, 0.05) is 11.6 Å². The number of hydrogen-bond acceptors (Lipinski definition) is 2. The van der Waals surface area contributed by atoms with Gasteiger partial charge in [0.2, 0.25) is 0 Å². The van der Waals surface area contributed by atoms with Gasteiger partial charge in [-0.1, -0.05) is 72.8 Å². The summed E-state index contributed by atoms with van der Waals surface area (Å²) in [5, 5.41) is 0.468. The summed E-state index contributed by atoms with van der Waals surface area (Å²) >= 11 is 0. The zero-order valence-corrected chi connectivity index (χ0v) is 20.6. The van der Waals surface area contributed by atoms with Crippen LogP contribution in [0.3, 0.4) is 0 Å². The third-order valence-electron chi connectivity index (χ3n) is 6.67. The highest BCUT2D eigenvalue weighted by atomic mass is 19.4. The first-order chi connectivity index (χ1) is 17.8. The van der Waals surface area contributed by atoms with Gasteiger partial charge in [-0.2, -0.15) is 13.2 Å². The van der Waals surface area contributed by atoms with E-state index in [4.69, 9.17) is 4.74 Å². The molecule has 0 radical (unpaired) electrons. The smallest absolute Gasteiger partial charge is 0.418 e. The molecule has 0 saturated heterocycles. The number of pyridine rings is 1. The van der Waals surface area contributed by atoms with Crippen molar-refractivity contribution in [2.75, 3.05) is 0 Å². The predicted octanol–water partition coefficient (Wildman–Crippen LogP) is 8.71. The van der Waals surface area contributed by atoms with Crippen molar-refractivity contribution in [3.8, 4) is 16.9 Å². The second kappa shape index (κ2) is 10.1. The maximum atomic E-state index is 13.8. The molecule has 0 bridgehead atoms. The number of benzene rings is 4. The van der Waals surface area contributed by atoms with Crippen LogP contribution in [0.15, 0.2) is 97.2 Å². The number of nitrogens with zero attached hydrogens (tertiary/aromatic N) is 1. The second-order valence-electron chi connectivity index (χ2n) is 9.21. The summed E-state index contributed by atoms with van der Waals surface area (Å²) in [6.07, 6.45) is -2.38. The van der Waals surface area contributed by atoms with E-state index in [0.717, 1.165) is 45.0 Å². The van der Waals surface area contributed by atoms with E-state index in [1.165, 1.54) is 6.07 Å². The van der Waals surface area contributed by atoms with Gasteiger partial charge in [-0.15, -0.1) is 0 Å². The quantitative estimate of drug-likeness (QED) is 0.234. The Labute approximate surface area is 214 Å². The average molecular weight is 498 g/mol. The number of aromatic nitrogens is 1. The van der Waals surface area contributed by atoms with Crippen LogP contribution in [0.25, 0.3) is 22.0 Å². The number of para-hydroxylation sites is 1. The van der Waals surface area contributed by atoms with Crippen LogP contribution in [0, 0.1) is 13.8 Å². The minimum atomic E-state index is -4.50. The molecule has 0 saturated carbocycles. The van der Waals surface area contributed by atoms with Gasteiger partial charge in [-0.05, 0) is 77.4 Å². The van der Waals surface area contributed by atoms with Gasteiger partial charge >= 0.3 is 6.18 Å². The van der Waals surface area contributed by atoms with Crippen molar-refractivity contribution < 1.29 is 17.9 Å². The molecule has 0 aliphatic carbocycles. The zero-order valence-electron chi connectivity index (χ0n) is 20.6. The number of alkyl halides is 3. The van der Waals surface area contributed by atoms with Crippen molar-refractivity contribution in [3.63, 3.8) is 0 Å². The number of fused-ring (bicyclic) bond motifs is 1. The van der Waals surface area contributed by atoms with E-state index in [-0.39, 0.29) is 5.52 Å². The Hall–Kier alpha value is -4.12. The van der Waals surface area contributed by atoms with E-state index in [1.807, 2.05) is 60.7 Å². The molecule has 0 fully saturated rings. The summed E-state index contributed by atoms with van der Waals surface area (Å²) in [5.41, 5.74) is 6.08. The van der Waals surface area contributed by atoms with Crippen LogP contribution < -0.4 is 4.74 Å². The molecule has 0 spiro atoms. The molecule has 2 nitrogen and oxygen atoms in total. The molecule has 0 atom stereocenters. The molecule has 0 aliphatic heterocycles. The number of aryl methyl sites for hydroxylation is 2. The molecule has 5 heteroatoms. The molecule has 4 aromatic carbocycles. The molecule has 5 rings (SSSR count). The van der Waals surface area contributed by atoms with Gasteiger partial charge in [0.1, 0.15) is 12.4 Å². The Bertz CT molecular complexity index is 1540. The van der Waals surface area contributed by atoms with Crippen LogP contribution in [-0.2, 0) is 19.2 Å². The largest absolute Gasteiger partial charge is 0.489 e. The fourth-order valence-corrected chi connectivity index (χ4v) is 4.76. The third-order valence-corrected chi connectivity index (χ3v) is 6.67. The lowest BCUT2D eigenvalue weighted by atomic mass is 9.92. The first-order valence-electron chi connectivity index (χ1n) is 12.1.